The van der Waals surface area contributed by atoms with Crippen molar-refractivity contribution in [3.63, 3.8) is 0 Å². The lowest BCUT2D eigenvalue weighted by atomic mass is 10.1. The largest absolute Gasteiger partial charge is 0.507 e. The lowest BCUT2D eigenvalue weighted by Crippen LogP contribution is -1.84. The van der Waals surface area contributed by atoms with Crippen LogP contribution < -0.4 is 0 Å². The van der Waals surface area contributed by atoms with E-state index in [4.69, 9.17) is 4.42 Å². The molecule has 3 aromatic carbocycles. The Morgan fingerprint density at radius 2 is 1.78 bits per heavy atom. The Balaban J connectivity index is 1.67. The number of oxazole rings is 1. The number of aliphatic imine (C=N–C) groups is 1. The number of aromatic nitrogens is 1. The van der Waals surface area contributed by atoms with E-state index in [-0.39, 0.29) is 5.75 Å². The minimum atomic E-state index is 0.212. The fourth-order valence-electron chi connectivity index (χ4n) is 2.92. The average Bonchev–Trinajstić information content (AvgIpc) is 3.08. The first-order valence-electron chi connectivity index (χ1n) is 8.81. The summed E-state index contributed by atoms with van der Waals surface area (Å²) in [5.74, 6) is 0.814. The summed E-state index contributed by atoms with van der Waals surface area (Å²) in [7, 11) is 0. The fourth-order valence-corrected chi connectivity index (χ4v) is 2.92. The van der Waals surface area contributed by atoms with Crippen molar-refractivity contribution in [3.8, 4) is 17.2 Å². The summed E-state index contributed by atoms with van der Waals surface area (Å²) in [5.41, 5.74) is 7.40. The van der Waals surface area contributed by atoms with E-state index in [2.05, 4.69) is 36.0 Å². The van der Waals surface area contributed by atoms with Gasteiger partial charge in [-0.3, -0.25) is 4.99 Å². The number of aryl methyl sites for hydroxylation is 3. The first-order chi connectivity index (χ1) is 13.0. The smallest absolute Gasteiger partial charge is 0.227 e. The minimum Gasteiger partial charge on any atom is -0.507 e. The molecule has 0 saturated heterocycles. The van der Waals surface area contributed by atoms with Crippen molar-refractivity contribution in [3.05, 3.63) is 76.9 Å². The molecule has 134 valence electrons. The molecule has 27 heavy (non-hydrogen) atoms. The number of phenolic OH excluding ortho intramolecular Hbond substituents is 1. The molecule has 4 heteroatoms. The molecule has 0 spiro atoms. The topological polar surface area (TPSA) is 58.6 Å². The van der Waals surface area contributed by atoms with Gasteiger partial charge in [-0.25, -0.2) is 4.98 Å². The van der Waals surface area contributed by atoms with Crippen LogP contribution in [-0.4, -0.2) is 16.3 Å². The third-order valence-corrected chi connectivity index (χ3v) is 4.66. The summed E-state index contributed by atoms with van der Waals surface area (Å²) in [6.45, 7) is 6.14. The summed E-state index contributed by atoms with van der Waals surface area (Å²) >= 11 is 0. The molecule has 4 rings (SSSR count). The highest BCUT2D eigenvalue weighted by atomic mass is 16.3. The van der Waals surface area contributed by atoms with Crippen LogP contribution in [0.5, 0.6) is 5.75 Å². The van der Waals surface area contributed by atoms with Gasteiger partial charge in [0.15, 0.2) is 5.58 Å². The predicted molar refractivity (Wildman–Crippen MR) is 109 cm³/mol. The Bertz CT molecular complexity index is 1170. The maximum Gasteiger partial charge on any atom is 0.227 e. The van der Waals surface area contributed by atoms with E-state index in [0.29, 0.717) is 11.5 Å². The second kappa shape index (κ2) is 6.72. The van der Waals surface area contributed by atoms with Gasteiger partial charge in [0.1, 0.15) is 11.3 Å². The number of phenols is 1. The molecule has 0 aliphatic heterocycles. The van der Waals surface area contributed by atoms with Gasteiger partial charge < -0.3 is 9.52 Å². The van der Waals surface area contributed by atoms with Crippen molar-refractivity contribution in [2.24, 2.45) is 4.99 Å². The minimum absolute atomic E-state index is 0.212. The Kier molecular flexibility index (Phi) is 4.24. The molecule has 4 nitrogen and oxygen atoms in total. The third kappa shape index (κ3) is 3.47. The maximum atomic E-state index is 9.94. The quantitative estimate of drug-likeness (QED) is 0.467. The molecule has 0 bridgehead atoms. The van der Waals surface area contributed by atoms with Gasteiger partial charge in [0, 0.05) is 17.3 Å². The Morgan fingerprint density at radius 1 is 0.926 bits per heavy atom. The highest BCUT2D eigenvalue weighted by Gasteiger charge is 2.09. The van der Waals surface area contributed by atoms with Crippen molar-refractivity contribution in [1.29, 1.82) is 0 Å². The monoisotopic (exact) mass is 356 g/mol. The van der Waals surface area contributed by atoms with E-state index in [0.717, 1.165) is 27.9 Å². The highest BCUT2D eigenvalue weighted by molar-refractivity contribution is 5.87. The van der Waals surface area contributed by atoms with Crippen LogP contribution in [0, 0.1) is 20.8 Å². The first-order valence-corrected chi connectivity index (χ1v) is 8.81. The van der Waals surface area contributed by atoms with Gasteiger partial charge in [0.2, 0.25) is 5.89 Å². The standard InChI is InChI=1S/C23H20N2O2/c1-14-4-8-21(26)18(10-14)13-24-19-7-9-22-20(12-19)25-23(27-22)17-6-5-15(2)16(3)11-17/h4-13,26H,1-3H3. The fraction of sp³-hybridized carbons (Fsp3) is 0.130. The lowest BCUT2D eigenvalue weighted by Gasteiger charge is -2.01. The normalized spacial score (nSPS) is 11.5. The number of hydrogen-bond donors (Lipinski definition) is 1. The predicted octanol–water partition coefficient (Wildman–Crippen LogP) is 5.88. The van der Waals surface area contributed by atoms with Crippen molar-refractivity contribution < 1.29 is 9.52 Å². The Labute approximate surface area is 157 Å². The van der Waals surface area contributed by atoms with Gasteiger partial charge in [-0.05, 0) is 74.4 Å². The van der Waals surface area contributed by atoms with Crippen LogP contribution >= 0.6 is 0 Å². The van der Waals surface area contributed by atoms with E-state index in [9.17, 15) is 5.11 Å². The second-order valence-corrected chi connectivity index (χ2v) is 6.79. The molecule has 0 radical (unpaired) electrons. The number of aromatic hydroxyl groups is 1. The van der Waals surface area contributed by atoms with Gasteiger partial charge in [-0.1, -0.05) is 17.7 Å². The van der Waals surface area contributed by atoms with E-state index < -0.39 is 0 Å². The van der Waals surface area contributed by atoms with Crippen LogP contribution in [0.15, 0.2) is 64.0 Å². The Morgan fingerprint density at radius 3 is 2.59 bits per heavy atom. The third-order valence-electron chi connectivity index (χ3n) is 4.66. The zero-order valence-electron chi connectivity index (χ0n) is 15.5. The molecule has 0 fully saturated rings. The van der Waals surface area contributed by atoms with Crippen LogP contribution in [0.1, 0.15) is 22.3 Å². The van der Waals surface area contributed by atoms with Gasteiger partial charge in [-0.2, -0.15) is 0 Å². The molecular weight excluding hydrogens is 336 g/mol. The number of rotatable bonds is 3. The van der Waals surface area contributed by atoms with E-state index >= 15 is 0 Å². The highest BCUT2D eigenvalue weighted by Crippen LogP contribution is 2.28. The zero-order chi connectivity index (χ0) is 19.0. The van der Waals surface area contributed by atoms with Crippen molar-refractivity contribution in [2.75, 3.05) is 0 Å². The van der Waals surface area contributed by atoms with Crippen molar-refractivity contribution in [2.45, 2.75) is 20.8 Å². The molecule has 1 heterocycles. The summed E-state index contributed by atoms with van der Waals surface area (Å²) in [4.78, 5) is 9.08. The molecule has 0 aliphatic rings. The van der Waals surface area contributed by atoms with E-state index in [1.54, 1.807) is 12.3 Å². The molecule has 0 aliphatic carbocycles. The number of hydrogen-bond acceptors (Lipinski definition) is 4. The van der Waals surface area contributed by atoms with Gasteiger partial charge in [0.05, 0.1) is 5.69 Å². The summed E-state index contributed by atoms with van der Waals surface area (Å²) in [6, 6.07) is 17.2. The van der Waals surface area contributed by atoms with Crippen LogP contribution in [0.4, 0.5) is 5.69 Å². The Hall–Kier alpha value is -3.40. The summed E-state index contributed by atoms with van der Waals surface area (Å²) in [6.07, 6.45) is 1.66. The summed E-state index contributed by atoms with van der Waals surface area (Å²) < 4.78 is 5.90. The van der Waals surface area contributed by atoms with Crippen molar-refractivity contribution in [1.82, 2.24) is 4.98 Å². The van der Waals surface area contributed by atoms with Crippen molar-refractivity contribution >= 4 is 23.0 Å². The molecule has 4 aromatic rings. The van der Waals surface area contributed by atoms with Crippen LogP contribution in [0.25, 0.3) is 22.6 Å². The molecule has 0 atom stereocenters. The molecule has 0 amide bonds. The van der Waals surface area contributed by atoms with Gasteiger partial charge >= 0.3 is 0 Å². The number of nitrogens with zero attached hydrogens (tertiary/aromatic N) is 2. The van der Waals surface area contributed by atoms with E-state index in [1.807, 2.05) is 43.3 Å². The lowest BCUT2D eigenvalue weighted by molar-refractivity contribution is 0.474. The zero-order valence-corrected chi connectivity index (χ0v) is 15.5. The van der Waals surface area contributed by atoms with Crippen LogP contribution in [0.3, 0.4) is 0 Å². The maximum absolute atomic E-state index is 9.94. The first kappa shape index (κ1) is 17.0. The molecule has 1 N–H and O–H groups in total. The molecule has 1 aromatic heterocycles. The van der Waals surface area contributed by atoms with Gasteiger partial charge in [-0.15, -0.1) is 0 Å². The summed E-state index contributed by atoms with van der Waals surface area (Å²) in [5, 5.41) is 9.94. The second-order valence-electron chi connectivity index (χ2n) is 6.79. The average molecular weight is 356 g/mol. The van der Waals surface area contributed by atoms with Gasteiger partial charge in [0.25, 0.3) is 0 Å². The van der Waals surface area contributed by atoms with E-state index in [1.165, 1.54) is 11.1 Å². The molecule has 0 unspecified atom stereocenters. The number of benzene rings is 3. The SMILES string of the molecule is Cc1ccc(O)c(C=Nc2ccc3oc(-c4ccc(C)c(C)c4)nc3c2)c1. The molecular formula is C23H20N2O2. The van der Waals surface area contributed by atoms with Crippen LogP contribution in [0.2, 0.25) is 0 Å². The van der Waals surface area contributed by atoms with Crippen LogP contribution in [-0.2, 0) is 0 Å². The molecule has 0 saturated carbocycles. The number of fused-ring (bicyclic) bond motifs is 1.